The summed E-state index contributed by atoms with van der Waals surface area (Å²) in [6.45, 7) is 4.70. The Bertz CT molecular complexity index is 834. The van der Waals surface area contributed by atoms with Crippen molar-refractivity contribution < 1.29 is 13.2 Å². The fraction of sp³-hybridized carbons (Fsp3) is 0.278. The lowest BCUT2D eigenvalue weighted by Crippen LogP contribution is -2.26. The Hall–Kier alpha value is -1.86. The fourth-order valence-corrected chi connectivity index (χ4v) is 3.50. The molecule has 2 rings (SSSR count). The lowest BCUT2D eigenvalue weighted by Gasteiger charge is -2.13. The van der Waals surface area contributed by atoms with Gasteiger partial charge in [0.2, 0.25) is 0 Å². The molecule has 25 heavy (non-hydrogen) atoms. The van der Waals surface area contributed by atoms with Crippen LogP contribution >= 0.6 is 15.9 Å². The highest BCUT2D eigenvalue weighted by Gasteiger charge is 2.18. The molecule has 5 nitrogen and oxygen atoms in total. The van der Waals surface area contributed by atoms with Gasteiger partial charge in [0, 0.05) is 11.0 Å². The molecule has 0 fully saturated rings. The normalized spacial score (nSPS) is 11.4. The molecule has 0 unspecified atom stereocenters. The minimum absolute atomic E-state index is 0.130. The van der Waals surface area contributed by atoms with E-state index in [4.69, 9.17) is 0 Å². The zero-order valence-corrected chi connectivity index (χ0v) is 16.5. The van der Waals surface area contributed by atoms with E-state index in [9.17, 15) is 13.2 Å². The van der Waals surface area contributed by atoms with E-state index in [2.05, 4.69) is 39.8 Å². The van der Waals surface area contributed by atoms with Crippen molar-refractivity contribution in [3.8, 4) is 0 Å². The summed E-state index contributed by atoms with van der Waals surface area (Å²) in [6.07, 6.45) is 0.860. The smallest absolute Gasteiger partial charge is 0.261 e. The number of amides is 1. The molecule has 0 bridgehead atoms. The Morgan fingerprint density at radius 3 is 2.36 bits per heavy atom. The molecule has 134 valence electrons. The second-order valence-electron chi connectivity index (χ2n) is 6.04. The summed E-state index contributed by atoms with van der Waals surface area (Å²) in [7, 11) is -3.77. The van der Waals surface area contributed by atoms with Crippen molar-refractivity contribution in [2.45, 2.75) is 25.2 Å². The predicted octanol–water partition coefficient (Wildman–Crippen LogP) is 4.03. The van der Waals surface area contributed by atoms with Crippen molar-refractivity contribution in [2.75, 3.05) is 11.3 Å². The van der Waals surface area contributed by atoms with Crippen LogP contribution in [0.1, 0.15) is 30.6 Å². The minimum atomic E-state index is -3.77. The first-order chi connectivity index (χ1) is 11.8. The van der Waals surface area contributed by atoms with Crippen molar-refractivity contribution in [1.29, 1.82) is 0 Å². The second-order valence-corrected chi connectivity index (χ2v) is 8.64. The Morgan fingerprint density at radius 2 is 1.72 bits per heavy atom. The second kappa shape index (κ2) is 8.49. The monoisotopic (exact) mass is 424 g/mol. The Morgan fingerprint density at radius 1 is 1.08 bits per heavy atom. The van der Waals surface area contributed by atoms with Crippen molar-refractivity contribution in [3.05, 3.63) is 58.6 Å². The molecule has 0 heterocycles. The fourth-order valence-electron chi connectivity index (χ4n) is 2.16. The van der Waals surface area contributed by atoms with Crippen molar-refractivity contribution in [2.24, 2.45) is 5.92 Å². The third-order valence-corrected chi connectivity index (χ3v) is 5.46. The molecule has 0 atom stereocenters. The van der Waals surface area contributed by atoms with Crippen LogP contribution in [0.3, 0.4) is 0 Å². The zero-order valence-electron chi connectivity index (χ0n) is 14.1. The van der Waals surface area contributed by atoms with Gasteiger partial charge in [-0.25, -0.2) is 8.42 Å². The number of benzene rings is 2. The zero-order chi connectivity index (χ0) is 18.4. The van der Waals surface area contributed by atoms with Gasteiger partial charge in [-0.15, -0.1) is 0 Å². The molecule has 0 saturated heterocycles. The molecule has 1 amide bonds. The van der Waals surface area contributed by atoms with E-state index in [1.807, 2.05) is 0 Å². The topological polar surface area (TPSA) is 75.3 Å². The van der Waals surface area contributed by atoms with Gasteiger partial charge < -0.3 is 5.32 Å². The Kier molecular flexibility index (Phi) is 6.61. The lowest BCUT2D eigenvalue weighted by molar-refractivity contribution is 0.0953. The van der Waals surface area contributed by atoms with Crippen LogP contribution in [0.5, 0.6) is 0 Å². The maximum Gasteiger partial charge on any atom is 0.261 e. The quantitative estimate of drug-likeness (QED) is 0.704. The van der Waals surface area contributed by atoms with E-state index in [0.29, 0.717) is 18.0 Å². The maximum absolute atomic E-state index is 12.5. The number of rotatable bonds is 7. The number of hydrogen-bond donors (Lipinski definition) is 2. The molecule has 2 aromatic carbocycles. The number of carbonyl (C=O) groups excluding carboxylic acids is 1. The number of hydrogen-bond acceptors (Lipinski definition) is 3. The first-order valence-corrected chi connectivity index (χ1v) is 10.2. The lowest BCUT2D eigenvalue weighted by atomic mass is 10.1. The molecular weight excluding hydrogens is 404 g/mol. The molecule has 0 aliphatic rings. The summed E-state index contributed by atoms with van der Waals surface area (Å²) in [5.74, 6) is 0.182. The molecule has 0 aliphatic carbocycles. The largest absolute Gasteiger partial charge is 0.352 e. The van der Waals surface area contributed by atoms with E-state index in [-0.39, 0.29) is 16.5 Å². The van der Waals surface area contributed by atoms with Crippen LogP contribution in [0.25, 0.3) is 0 Å². The third-order valence-electron chi connectivity index (χ3n) is 3.55. The Balaban J connectivity index is 2.20. The van der Waals surface area contributed by atoms with Gasteiger partial charge in [0.05, 0.1) is 16.1 Å². The average molecular weight is 425 g/mol. The van der Waals surface area contributed by atoms with Crippen LogP contribution in [-0.2, 0) is 10.0 Å². The summed E-state index contributed by atoms with van der Waals surface area (Å²) in [4.78, 5) is 12.5. The summed E-state index contributed by atoms with van der Waals surface area (Å²) < 4.78 is 28.4. The van der Waals surface area contributed by atoms with Gasteiger partial charge in [-0.1, -0.05) is 41.9 Å². The van der Waals surface area contributed by atoms with Crippen LogP contribution in [0.2, 0.25) is 0 Å². The molecule has 2 N–H and O–H groups in total. The van der Waals surface area contributed by atoms with E-state index in [1.165, 1.54) is 12.1 Å². The van der Waals surface area contributed by atoms with Gasteiger partial charge in [-0.05, 0) is 48.7 Å². The van der Waals surface area contributed by atoms with E-state index >= 15 is 0 Å². The van der Waals surface area contributed by atoms with Gasteiger partial charge in [0.25, 0.3) is 15.9 Å². The number of halogens is 1. The maximum atomic E-state index is 12.5. The molecule has 0 radical (unpaired) electrons. The van der Waals surface area contributed by atoms with E-state index < -0.39 is 10.0 Å². The van der Waals surface area contributed by atoms with Crippen LogP contribution in [-0.4, -0.2) is 20.9 Å². The Labute approximate surface area is 157 Å². The molecule has 7 heteroatoms. The van der Waals surface area contributed by atoms with E-state index in [0.717, 1.165) is 10.9 Å². The number of nitrogens with one attached hydrogen (secondary N) is 2. The van der Waals surface area contributed by atoms with E-state index in [1.54, 1.807) is 36.4 Å². The summed E-state index contributed by atoms with van der Waals surface area (Å²) >= 11 is 3.28. The van der Waals surface area contributed by atoms with Crippen LogP contribution in [0.15, 0.2) is 57.9 Å². The number of carbonyl (C=O) groups is 1. The van der Waals surface area contributed by atoms with Crippen molar-refractivity contribution in [1.82, 2.24) is 5.32 Å². The molecule has 0 aliphatic heterocycles. The number of para-hydroxylation sites is 1. The highest BCUT2D eigenvalue weighted by molar-refractivity contribution is 9.10. The molecule has 0 saturated carbocycles. The van der Waals surface area contributed by atoms with Crippen LogP contribution in [0.4, 0.5) is 5.69 Å². The van der Waals surface area contributed by atoms with Crippen molar-refractivity contribution in [3.63, 3.8) is 0 Å². The first kappa shape index (κ1) is 19.5. The highest BCUT2D eigenvalue weighted by Crippen LogP contribution is 2.21. The average Bonchev–Trinajstić information content (AvgIpc) is 2.55. The third kappa shape index (κ3) is 5.57. The van der Waals surface area contributed by atoms with Crippen molar-refractivity contribution >= 4 is 37.5 Å². The number of anilines is 1. The van der Waals surface area contributed by atoms with Gasteiger partial charge in [-0.2, -0.15) is 0 Å². The summed E-state index contributed by atoms with van der Waals surface area (Å²) in [6, 6.07) is 12.9. The summed E-state index contributed by atoms with van der Waals surface area (Å²) in [5, 5.41) is 2.82. The van der Waals surface area contributed by atoms with Gasteiger partial charge in [0.1, 0.15) is 0 Å². The molecule has 2 aromatic rings. The predicted molar refractivity (Wildman–Crippen MR) is 103 cm³/mol. The SMILES string of the molecule is CC(C)CCNC(=O)c1ccccc1NS(=O)(=O)c1ccc(Br)cc1. The molecule has 0 aromatic heterocycles. The van der Waals surface area contributed by atoms with Gasteiger partial charge in [-0.3, -0.25) is 9.52 Å². The minimum Gasteiger partial charge on any atom is -0.352 e. The van der Waals surface area contributed by atoms with Crippen LogP contribution < -0.4 is 10.0 Å². The highest BCUT2D eigenvalue weighted by atomic mass is 79.9. The first-order valence-electron chi connectivity index (χ1n) is 7.95. The summed E-state index contributed by atoms with van der Waals surface area (Å²) in [5.41, 5.74) is 0.555. The molecular formula is C18H21BrN2O3S. The number of sulfonamides is 1. The molecule has 0 spiro atoms. The van der Waals surface area contributed by atoms with Gasteiger partial charge >= 0.3 is 0 Å². The van der Waals surface area contributed by atoms with Crippen LogP contribution in [0, 0.1) is 5.92 Å². The standard InChI is InChI=1S/C18H21BrN2O3S/c1-13(2)11-12-20-18(22)16-5-3-4-6-17(16)21-25(23,24)15-9-7-14(19)8-10-15/h3-10,13,21H,11-12H2,1-2H3,(H,20,22). The van der Waals surface area contributed by atoms with Gasteiger partial charge in [0.15, 0.2) is 0 Å².